The predicted molar refractivity (Wildman–Crippen MR) is 59.3 cm³/mol. The van der Waals surface area contributed by atoms with Gasteiger partial charge in [-0.2, -0.15) is 0 Å². The summed E-state index contributed by atoms with van der Waals surface area (Å²) in [5.74, 6) is -1.62. The Hall–Kier alpha value is -1.26. The lowest BCUT2D eigenvalue weighted by Crippen LogP contribution is -2.51. The molecule has 3 aliphatic rings. The molecule has 6 unspecified atom stereocenters. The summed E-state index contributed by atoms with van der Waals surface area (Å²) in [7, 11) is 0. The first-order valence-corrected chi connectivity index (χ1v) is 6.34. The number of likely N-dealkylation sites (N-methyl/N-ethyl adjacent to an activating group) is 1. The standard InChI is InChI=1S/C11H15NO8/c1-2-12-7(13)10-16-3-4-5(18-10)6-9(17-4)20-11(19-6)8(14)15/h4-6,9-11H,2-3H2,1H3,(H,12,13)(H,14,15). The summed E-state index contributed by atoms with van der Waals surface area (Å²) in [6.45, 7) is 2.40. The lowest BCUT2D eigenvalue weighted by Gasteiger charge is -2.32. The van der Waals surface area contributed by atoms with E-state index >= 15 is 0 Å². The van der Waals surface area contributed by atoms with Crippen LogP contribution in [0, 0.1) is 0 Å². The molecular weight excluding hydrogens is 274 g/mol. The van der Waals surface area contributed by atoms with Crippen LogP contribution in [0.3, 0.4) is 0 Å². The number of amides is 1. The van der Waals surface area contributed by atoms with Gasteiger partial charge in [0.15, 0.2) is 6.29 Å². The Labute approximate surface area is 114 Å². The van der Waals surface area contributed by atoms with Crippen LogP contribution in [-0.4, -0.2) is 67.3 Å². The molecule has 0 aromatic carbocycles. The highest BCUT2D eigenvalue weighted by molar-refractivity contribution is 5.79. The van der Waals surface area contributed by atoms with Gasteiger partial charge in [0.1, 0.15) is 18.3 Å². The average Bonchev–Trinajstić information content (AvgIpc) is 2.95. The topological polar surface area (TPSA) is 113 Å². The number of aliphatic carboxylic acids is 1. The highest BCUT2D eigenvalue weighted by atomic mass is 16.9. The maximum atomic E-state index is 11.7. The number of nitrogens with one attached hydrogen (secondary N) is 1. The van der Waals surface area contributed by atoms with Gasteiger partial charge in [0.25, 0.3) is 12.2 Å². The van der Waals surface area contributed by atoms with Crippen LogP contribution >= 0.6 is 0 Å². The van der Waals surface area contributed by atoms with Crippen LogP contribution < -0.4 is 5.32 Å². The van der Waals surface area contributed by atoms with E-state index in [1.165, 1.54) is 0 Å². The van der Waals surface area contributed by atoms with Crippen LogP contribution in [0.25, 0.3) is 0 Å². The molecule has 3 heterocycles. The van der Waals surface area contributed by atoms with Crippen molar-refractivity contribution in [1.29, 1.82) is 0 Å². The monoisotopic (exact) mass is 289 g/mol. The SMILES string of the molecule is CCNC(=O)C1OCC2OC3OC(C(=O)O)OC3C2O1. The van der Waals surface area contributed by atoms with E-state index in [-0.39, 0.29) is 12.5 Å². The van der Waals surface area contributed by atoms with E-state index in [1.807, 2.05) is 0 Å². The Bertz CT molecular complexity index is 415. The Kier molecular flexibility index (Phi) is 3.61. The number of rotatable bonds is 3. The van der Waals surface area contributed by atoms with Crippen molar-refractivity contribution in [3.63, 3.8) is 0 Å². The van der Waals surface area contributed by atoms with E-state index in [2.05, 4.69) is 5.32 Å². The Morgan fingerprint density at radius 1 is 1.15 bits per heavy atom. The molecule has 0 saturated carbocycles. The van der Waals surface area contributed by atoms with Crippen LogP contribution in [0.1, 0.15) is 6.92 Å². The number of ether oxygens (including phenoxy) is 5. The van der Waals surface area contributed by atoms with Crippen LogP contribution in [0.15, 0.2) is 0 Å². The summed E-state index contributed by atoms with van der Waals surface area (Å²) in [6.07, 6.45) is -4.95. The molecule has 9 nitrogen and oxygen atoms in total. The molecular formula is C11H15NO8. The van der Waals surface area contributed by atoms with Crippen molar-refractivity contribution in [2.45, 2.75) is 44.1 Å². The van der Waals surface area contributed by atoms with Crippen LogP contribution in [0.4, 0.5) is 0 Å². The van der Waals surface area contributed by atoms with Gasteiger partial charge in [0.2, 0.25) is 6.29 Å². The van der Waals surface area contributed by atoms with E-state index in [9.17, 15) is 9.59 Å². The Balaban J connectivity index is 1.65. The minimum atomic E-state index is -1.37. The number of carboxylic acid groups (broad SMARTS) is 1. The largest absolute Gasteiger partial charge is 0.477 e. The first-order chi connectivity index (χ1) is 9.60. The zero-order chi connectivity index (χ0) is 14.3. The van der Waals surface area contributed by atoms with Crippen LogP contribution in [-0.2, 0) is 33.3 Å². The zero-order valence-electron chi connectivity index (χ0n) is 10.7. The molecule has 3 fully saturated rings. The van der Waals surface area contributed by atoms with Crippen molar-refractivity contribution in [2.75, 3.05) is 13.2 Å². The van der Waals surface area contributed by atoms with Gasteiger partial charge in [0.05, 0.1) is 6.61 Å². The molecule has 3 saturated heterocycles. The van der Waals surface area contributed by atoms with E-state index in [4.69, 9.17) is 28.8 Å². The van der Waals surface area contributed by atoms with Gasteiger partial charge in [-0.3, -0.25) is 4.79 Å². The second-order valence-corrected chi connectivity index (χ2v) is 4.61. The van der Waals surface area contributed by atoms with Crippen molar-refractivity contribution in [3.05, 3.63) is 0 Å². The van der Waals surface area contributed by atoms with Crippen molar-refractivity contribution < 1.29 is 38.4 Å². The summed E-state index contributed by atoms with van der Waals surface area (Å²) >= 11 is 0. The van der Waals surface area contributed by atoms with E-state index in [1.54, 1.807) is 6.92 Å². The van der Waals surface area contributed by atoms with Gasteiger partial charge in [-0.05, 0) is 6.92 Å². The quantitative estimate of drug-likeness (QED) is 0.640. The molecule has 0 aromatic heterocycles. The number of carboxylic acids is 1. The molecule has 0 spiro atoms. The molecule has 2 N–H and O–H groups in total. The maximum absolute atomic E-state index is 11.7. The third-order valence-electron chi connectivity index (χ3n) is 3.27. The predicted octanol–water partition coefficient (Wildman–Crippen LogP) is -1.58. The van der Waals surface area contributed by atoms with Gasteiger partial charge in [0, 0.05) is 6.54 Å². The summed E-state index contributed by atoms with van der Waals surface area (Å²) in [4.78, 5) is 22.5. The zero-order valence-corrected chi connectivity index (χ0v) is 10.7. The molecule has 3 rings (SSSR count). The summed E-state index contributed by atoms with van der Waals surface area (Å²) in [5, 5.41) is 11.4. The minimum absolute atomic E-state index is 0.157. The average molecular weight is 289 g/mol. The molecule has 9 heteroatoms. The molecule has 0 radical (unpaired) electrons. The number of hydrogen-bond donors (Lipinski definition) is 2. The summed E-state index contributed by atoms with van der Waals surface area (Å²) in [6, 6.07) is 0. The van der Waals surface area contributed by atoms with Gasteiger partial charge in [-0.25, -0.2) is 4.79 Å². The molecule has 3 aliphatic heterocycles. The fraction of sp³-hybridized carbons (Fsp3) is 0.818. The van der Waals surface area contributed by atoms with E-state index in [0.29, 0.717) is 6.54 Å². The molecule has 20 heavy (non-hydrogen) atoms. The third kappa shape index (κ3) is 2.27. The van der Waals surface area contributed by atoms with Gasteiger partial charge in [-0.15, -0.1) is 0 Å². The minimum Gasteiger partial charge on any atom is -0.477 e. The normalized spacial score (nSPS) is 42.9. The van der Waals surface area contributed by atoms with Crippen molar-refractivity contribution in [3.8, 4) is 0 Å². The first kappa shape index (κ1) is 13.7. The Morgan fingerprint density at radius 3 is 2.60 bits per heavy atom. The number of fused-ring (bicyclic) bond motifs is 3. The highest BCUT2D eigenvalue weighted by Gasteiger charge is 2.57. The highest BCUT2D eigenvalue weighted by Crippen LogP contribution is 2.36. The lowest BCUT2D eigenvalue weighted by molar-refractivity contribution is -0.261. The molecule has 1 amide bonds. The molecule has 0 aromatic rings. The second-order valence-electron chi connectivity index (χ2n) is 4.61. The fourth-order valence-corrected chi connectivity index (χ4v) is 2.42. The lowest BCUT2D eigenvalue weighted by atomic mass is 10.1. The summed E-state index contributed by atoms with van der Waals surface area (Å²) in [5.41, 5.74) is 0. The van der Waals surface area contributed by atoms with E-state index in [0.717, 1.165) is 0 Å². The molecule has 0 aliphatic carbocycles. The van der Waals surface area contributed by atoms with Crippen molar-refractivity contribution in [2.24, 2.45) is 0 Å². The molecule has 112 valence electrons. The third-order valence-corrected chi connectivity index (χ3v) is 3.27. The second kappa shape index (κ2) is 5.26. The Morgan fingerprint density at radius 2 is 1.90 bits per heavy atom. The van der Waals surface area contributed by atoms with Gasteiger partial charge < -0.3 is 34.1 Å². The first-order valence-electron chi connectivity index (χ1n) is 6.34. The summed E-state index contributed by atoms with van der Waals surface area (Å²) < 4.78 is 26.6. The molecule has 6 atom stereocenters. The van der Waals surface area contributed by atoms with Crippen LogP contribution in [0.5, 0.6) is 0 Å². The van der Waals surface area contributed by atoms with Gasteiger partial charge >= 0.3 is 5.97 Å². The molecule has 0 bridgehead atoms. The maximum Gasteiger partial charge on any atom is 0.361 e. The van der Waals surface area contributed by atoms with Gasteiger partial charge in [-0.1, -0.05) is 0 Å². The number of hydrogen-bond acceptors (Lipinski definition) is 7. The smallest absolute Gasteiger partial charge is 0.361 e. The number of carbonyl (C=O) groups excluding carboxylic acids is 1. The fourth-order valence-electron chi connectivity index (χ4n) is 2.42. The van der Waals surface area contributed by atoms with Crippen molar-refractivity contribution >= 4 is 11.9 Å². The van der Waals surface area contributed by atoms with Crippen LogP contribution in [0.2, 0.25) is 0 Å². The van der Waals surface area contributed by atoms with E-state index < -0.39 is 43.2 Å². The number of carbonyl (C=O) groups is 2. The van der Waals surface area contributed by atoms with Crippen molar-refractivity contribution in [1.82, 2.24) is 5.32 Å².